The Kier molecular flexibility index (Phi) is 5.57. The SMILES string of the molecule is Cc1ccc(S(=O)(=O)NC2CCCC2N[C@H](C)c2ccccc2)cc1. The standard InChI is InChI=1S/C20H26N2O2S/c1-15-11-13-18(14-12-15)25(23,24)22-20-10-6-9-19(20)21-16(2)17-7-4-3-5-8-17/h3-5,7-8,11-14,16,19-22H,6,9-10H2,1-2H3/t16-,19?,20?/m1/s1. The molecule has 0 aromatic heterocycles. The van der Waals surface area contributed by atoms with Gasteiger partial charge in [0.1, 0.15) is 0 Å². The number of nitrogens with one attached hydrogen (secondary N) is 2. The number of aryl methyl sites for hydroxylation is 1. The summed E-state index contributed by atoms with van der Waals surface area (Å²) in [5.74, 6) is 0. The molecule has 25 heavy (non-hydrogen) atoms. The lowest BCUT2D eigenvalue weighted by Gasteiger charge is -2.26. The topological polar surface area (TPSA) is 58.2 Å². The van der Waals surface area contributed by atoms with Crippen molar-refractivity contribution in [1.82, 2.24) is 10.0 Å². The summed E-state index contributed by atoms with van der Waals surface area (Å²) in [6, 6.07) is 17.5. The van der Waals surface area contributed by atoms with Crippen LogP contribution in [0.25, 0.3) is 0 Å². The van der Waals surface area contributed by atoms with E-state index in [1.807, 2.05) is 37.3 Å². The van der Waals surface area contributed by atoms with E-state index in [-0.39, 0.29) is 18.1 Å². The summed E-state index contributed by atoms with van der Waals surface area (Å²) in [6.07, 6.45) is 2.88. The van der Waals surface area contributed by atoms with Crippen molar-refractivity contribution >= 4 is 10.0 Å². The zero-order chi connectivity index (χ0) is 17.9. The highest BCUT2D eigenvalue weighted by molar-refractivity contribution is 7.89. The molecular weight excluding hydrogens is 332 g/mol. The molecular formula is C20H26N2O2S. The summed E-state index contributed by atoms with van der Waals surface area (Å²) >= 11 is 0. The van der Waals surface area contributed by atoms with Gasteiger partial charge in [0.2, 0.25) is 10.0 Å². The van der Waals surface area contributed by atoms with Gasteiger partial charge in [-0.25, -0.2) is 13.1 Å². The maximum Gasteiger partial charge on any atom is 0.240 e. The van der Waals surface area contributed by atoms with Crippen molar-refractivity contribution in [1.29, 1.82) is 0 Å². The number of hydrogen-bond acceptors (Lipinski definition) is 3. The molecule has 3 atom stereocenters. The predicted molar refractivity (Wildman–Crippen MR) is 101 cm³/mol. The highest BCUT2D eigenvalue weighted by Gasteiger charge is 2.32. The maximum atomic E-state index is 12.7. The van der Waals surface area contributed by atoms with Crippen LogP contribution < -0.4 is 10.0 Å². The van der Waals surface area contributed by atoms with E-state index in [9.17, 15) is 8.42 Å². The molecule has 2 aromatic rings. The van der Waals surface area contributed by atoms with Crippen LogP contribution in [-0.2, 0) is 10.0 Å². The average Bonchev–Trinajstić information content (AvgIpc) is 3.02. The summed E-state index contributed by atoms with van der Waals surface area (Å²) in [6.45, 7) is 4.07. The predicted octanol–water partition coefficient (Wildman–Crippen LogP) is 3.55. The van der Waals surface area contributed by atoms with Crippen molar-refractivity contribution in [3.63, 3.8) is 0 Å². The van der Waals surface area contributed by atoms with E-state index >= 15 is 0 Å². The Morgan fingerprint density at radius 1 is 0.960 bits per heavy atom. The van der Waals surface area contributed by atoms with E-state index in [2.05, 4.69) is 29.1 Å². The van der Waals surface area contributed by atoms with E-state index in [1.54, 1.807) is 12.1 Å². The van der Waals surface area contributed by atoms with E-state index in [1.165, 1.54) is 5.56 Å². The third kappa shape index (κ3) is 4.48. The second kappa shape index (κ2) is 7.68. The quantitative estimate of drug-likeness (QED) is 0.830. The maximum absolute atomic E-state index is 12.7. The lowest BCUT2D eigenvalue weighted by atomic mass is 10.1. The van der Waals surface area contributed by atoms with Gasteiger partial charge in [-0.3, -0.25) is 0 Å². The largest absolute Gasteiger partial charge is 0.306 e. The van der Waals surface area contributed by atoms with Gasteiger partial charge < -0.3 is 5.32 Å². The van der Waals surface area contributed by atoms with Crippen LogP contribution in [-0.4, -0.2) is 20.5 Å². The number of sulfonamides is 1. The lowest BCUT2D eigenvalue weighted by molar-refractivity contribution is 0.408. The van der Waals surface area contributed by atoms with Crippen molar-refractivity contribution < 1.29 is 8.42 Å². The van der Waals surface area contributed by atoms with Crippen LogP contribution in [0.4, 0.5) is 0 Å². The monoisotopic (exact) mass is 358 g/mol. The fourth-order valence-corrected chi connectivity index (χ4v) is 4.76. The molecule has 0 amide bonds. The molecule has 134 valence electrons. The summed E-state index contributed by atoms with van der Waals surface area (Å²) < 4.78 is 28.2. The van der Waals surface area contributed by atoms with Gasteiger partial charge in [0.05, 0.1) is 4.90 Å². The molecule has 4 nitrogen and oxygen atoms in total. The molecule has 1 aliphatic carbocycles. The third-order valence-corrected chi connectivity index (χ3v) is 6.42. The van der Waals surface area contributed by atoms with Gasteiger partial charge in [-0.15, -0.1) is 0 Å². The van der Waals surface area contributed by atoms with Crippen molar-refractivity contribution in [2.75, 3.05) is 0 Å². The summed E-state index contributed by atoms with van der Waals surface area (Å²) in [5, 5.41) is 3.60. The van der Waals surface area contributed by atoms with Crippen LogP contribution in [0, 0.1) is 6.92 Å². The summed E-state index contributed by atoms with van der Waals surface area (Å²) in [4.78, 5) is 0.333. The van der Waals surface area contributed by atoms with Gasteiger partial charge in [0.15, 0.2) is 0 Å². The molecule has 2 N–H and O–H groups in total. The van der Waals surface area contributed by atoms with Gasteiger partial charge >= 0.3 is 0 Å². The minimum Gasteiger partial charge on any atom is -0.306 e. The van der Waals surface area contributed by atoms with Crippen LogP contribution in [0.5, 0.6) is 0 Å². The van der Waals surface area contributed by atoms with E-state index in [4.69, 9.17) is 0 Å². The zero-order valence-electron chi connectivity index (χ0n) is 14.8. The summed E-state index contributed by atoms with van der Waals surface area (Å²) in [7, 11) is -3.48. The average molecular weight is 359 g/mol. The molecule has 0 radical (unpaired) electrons. The van der Waals surface area contributed by atoms with Crippen LogP contribution in [0.1, 0.15) is 43.4 Å². The number of benzene rings is 2. The Balaban J connectivity index is 1.68. The molecule has 1 fully saturated rings. The second-order valence-electron chi connectivity index (χ2n) is 6.88. The molecule has 1 aliphatic rings. The molecule has 3 rings (SSSR count). The van der Waals surface area contributed by atoms with Crippen molar-refractivity contribution in [3.05, 3.63) is 65.7 Å². The molecule has 0 bridgehead atoms. The third-order valence-electron chi connectivity index (χ3n) is 4.92. The molecule has 0 spiro atoms. The van der Waals surface area contributed by atoms with Gasteiger partial charge in [-0.2, -0.15) is 0 Å². The van der Waals surface area contributed by atoms with Crippen LogP contribution >= 0.6 is 0 Å². The molecule has 2 unspecified atom stereocenters. The van der Waals surface area contributed by atoms with E-state index in [0.717, 1.165) is 24.8 Å². The molecule has 0 saturated heterocycles. The molecule has 1 saturated carbocycles. The van der Waals surface area contributed by atoms with E-state index < -0.39 is 10.0 Å². The van der Waals surface area contributed by atoms with Gasteiger partial charge in [0, 0.05) is 18.1 Å². The molecule has 2 aromatic carbocycles. The fourth-order valence-electron chi connectivity index (χ4n) is 3.44. The Labute approximate surface area is 150 Å². The Morgan fingerprint density at radius 3 is 2.28 bits per heavy atom. The van der Waals surface area contributed by atoms with Crippen molar-refractivity contribution in [3.8, 4) is 0 Å². The molecule has 5 heteroatoms. The Hall–Kier alpha value is -1.69. The van der Waals surface area contributed by atoms with Gasteiger partial charge in [-0.1, -0.05) is 54.4 Å². The molecule has 0 aliphatic heterocycles. The minimum absolute atomic E-state index is 0.0718. The zero-order valence-corrected chi connectivity index (χ0v) is 15.6. The van der Waals surface area contributed by atoms with Gasteiger partial charge in [-0.05, 0) is 44.4 Å². The lowest BCUT2D eigenvalue weighted by Crippen LogP contribution is -2.47. The first-order chi connectivity index (χ1) is 12.0. The van der Waals surface area contributed by atoms with Gasteiger partial charge in [0.25, 0.3) is 0 Å². The highest BCUT2D eigenvalue weighted by Crippen LogP contribution is 2.24. The number of rotatable bonds is 6. The van der Waals surface area contributed by atoms with Crippen molar-refractivity contribution in [2.45, 2.75) is 56.1 Å². The summed E-state index contributed by atoms with van der Waals surface area (Å²) in [5.41, 5.74) is 2.27. The van der Waals surface area contributed by atoms with Crippen molar-refractivity contribution in [2.24, 2.45) is 0 Å². The molecule has 0 heterocycles. The van der Waals surface area contributed by atoms with E-state index in [0.29, 0.717) is 4.90 Å². The fraction of sp³-hybridized carbons (Fsp3) is 0.400. The first-order valence-electron chi connectivity index (χ1n) is 8.86. The van der Waals surface area contributed by atoms with Crippen LogP contribution in [0.15, 0.2) is 59.5 Å². The Bertz CT molecular complexity index is 788. The highest BCUT2D eigenvalue weighted by atomic mass is 32.2. The second-order valence-corrected chi connectivity index (χ2v) is 8.59. The van der Waals surface area contributed by atoms with Crippen LogP contribution in [0.2, 0.25) is 0 Å². The minimum atomic E-state index is -3.48. The van der Waals surface area contributed by atoms with Crippen LogP contribution in [0.3, 0.4) is 0 Å². The normalized spacial score (nSPS) is 22.0. The number of hydrogen-bond donors (Lipinski definition) is 2. The smallest absolute Gasteiger partial charge is 0.240 e. The first kappa shape index (κ1) is 18.1. The Morgan fingerprint density at radius 2 is 1.60 bits per heavy atom. The first-order valence-corrected chi connectivity index (χ1v) is 10.3.